The summed E-state index contributed by atoms with van der Waals surface area (Å²) in [5, 5.41) is 6.72. The third-order valence-corrected chi connectivity index (χ3v) is 2.63. The molecule has 1 heterocycles. The Hall–Kier alpha value is -2.24. The van der Waals surface area contributed by atoms with Crippen molar-refractivity contribution < 1.29 is 13.6 Å². The number of nitrogens with one attached hydrogen (secondary N) is 2. The van der Waals surface area contributed by atoms with Crippen molar-refractivity contribution in [3.8, 4) is 0 Å². The summed E-state index contributed by atoms with van der Waals surface area (Å²) in [6.07, 6.45) is -2.58. The van der Waals surface area contributed by atoms with Crippen LogP contribution in [0.1, 0.15) is 10.5 Å². The molecule has 2 rings (SSSR count). The fourth-order valence-electron chi connectivity index (χ4n) is 1.77. The van der Waals surface area contributed by atoms with E-state index < -0.39 is 18.9 Å². The van der Waals surface area contributed by atoms with Crippen LogP contribution in [0.25, 0.3) is 10.8 Å². The number of nitrogens with zero attached hydrogens (tertiary/aromatic N) is 1. The van der Waals surface area contributed by atoms with Crippen LogP contribution >= 0.6 is 0 Å². The number of fused-ring (bicyclic) bond motifs is 1. The lowest BCUT2D eigenvalue weighted by molar-refractivity contribution is 0.0887. The molecule has 2 aromatic rings. The van der Waals surface area contributed by atoms with Crippen LogP contribution in [0.15, 0.2) is 30.3 Å². The molecule has 1 aromatic heterocycles. The van der Waals surface area contributed by atoms with Crippen LogP contribution in [-0.2, 0) is 0 Å². The van der Waals surface area contributed by atoms with Gasteiger partial charge in [-0.1, -0.05) is 24.3 Å². The minimum Gasteiger partial charge on any atom is -0.373 e. The summed E-state index contributed by atoms with van der Waals surface area (Å²) in [6.45, 7) is -0.678. The summed E-state index contributed by atoms with van der Waals surface area (Å²) >= 11 is 0. The van der Waals surface area contributed by atoms with E-state index in [-0.39, 0.29) is 5.69 Å². The maximum absolute atomic E-state index is 12.1. The molecule has 0 radical (unpaired) electrons. The molecule has 4 nitrogen and oxygen atoms in total. The van der Waals surface area contributed by atoms with Crippen molar-refractivity contribution in [1.82, 2.24) is 10.3 Å². The minimum atomic E-state index is -2.58. The van der Waals surface area contributed by atoms with Gasteiger partial charge in [-0.3, -0.25) is 4.79 Å². The van der Waals surface area contributed by atoms with Crippen molar-refractivity contribution in [3.05, 3.63) is 36.0 Å². The topological polar surface area (TPSA) is 54.0 Å². The molecule has 0 saturated carbocycles. The third-order valence-electron chi connectivity index (χ3n) is 2.63. The summed E-state index contributed by atoms with van der Waals surface area (Å²) in [5.74, 6) is -0.0668. The van der Waals surface area contributed by atoms with Gasteiger partial charge in [0.2, 0.25) is 0 Å². The number of pyridine rings is 1. The Morgan fingerprint density at radius 2 is 2.11 bits per heavy atom. The molecule has 0 aliphatic carbocycles. The standard InChI is InChI=1S/C13H13F2N3O/c1-16-12-9-5-3-2-4-8(9)6-10(18-12)13(19)17-7-11(14)15/h2-6,11H,7H2,1H3,(H,16,18)(H,17,19). The van der Waals surface area contributed by atoms with E-state index in [0.29, 0.717) is 5.82 Å². The molecule has 0 bridgehead atoms. The van der Waals surface area contributed by atoms with Crippen molar-refractivity contribution in [2.24, 2.45) is 0 Å². The van der Waals surface area contributed by atoms with Gasteiger partial charge < -0.3 is 10.6 Å². The van der Waals surface area contributed by atoms with E-state index in [4.69, 9.17) is 0 Å². The number of benzene rings is 1. The van der Waals surface area contributed by atoms with Gasteiger partial charge in [0.05, 0.1) is 6.54 Å². The van der Waals surface area contributed by atoms with Crippen LogP contribution in [0.5, 0.6) is 0 Å². The van der Waals surface area contributed by atoms with Crippen molar-refractivity contribution in [1.29, 1.82) is 0 Å². The van der Waals surface area contributed by atoms with E-state index in [9.17, 15) is 13.6 Å². The molecule has 0 unspecified atom stereocenters. The van der Waals surface area contributed by atoms with Gasteiger partial charge in [-0.05, 0) is 11.5 Å². The first kappa shape index (κ1) is 13.2. The molecule has 1 aromatic carbocycles. The Morgan fingerprint density at radius 3 is 2.79 bits per heavy atom. The molecule has 1 amide bonds. The van der Waals surface area contributed by atoms with E-state index in [1.807, 2.05) is 24.3 Å². The van der Waals surface area contributed by atoms with Crippen LogP contribution in [0.3, 0.4) is 0 Å². The zero-order valence-corrected chi connectivity index (χ0v) is 10.3. The van der Waals surface area contributed by atoms with Crippen LogP contribution in [-0.4, -0.2) is 30.9 Å². The number of carbonyl (C=O) groups is 1. The fraction of sp³-hybridized carbons (Fsp3) is 0.231. The van der Waals surface area contributed by atoms with Crippen molar-refractivity contribution in [2.45, 2.75) is 6.43 Å². The Morgan fingerprint density at radius 1 is 1.37 bits per heavy atom. The van der Waals surface area contributed by atoms with Crippen molar-refractivity contribution >= 4 is 22.5 Å². The number of alkyl halides is 2. The zero-order valence-electron chi connectivity index (χ0n) is 10.3. The zero-order chi connectivity index (χ0) is 13.8. The highest BCUT2D eigenvalue weighted by atomic mass is 19.3. The molecule has 0 aliphatic rings. The van der Waals surface area contributed by atoms with Crippen molar-refractivity contribution in [2.75, 3.05) is 18.9 Å². The first-order valence-electron chi connectivity index (χ1n) is 5.75. The molecular formula is C13H13F2N3O. The number of anilines is 1. The summed E-state index contributed by atoms with van der Waals surface area (Å²) in [5.41, 5.74) is 0.115. The second-order valence-corrected chi connectivity index (χ2v) is 3.93. The van der Waals surface area contributed by atoms with Gasteiger partial charge in [0, 0.05) is 12.4 Å². The van der Waals surface area contributed by atoms with Gasteiger partial charge in [0.1, 0.15) is 11.5 Å². The lowest BCUT2D eigenvalue weighted by atomic mass is 10.1. The summed E-state index contributed by atoms with van der Waals surface area (Å²) in [7, 11) is 1.69. The van der Waals surface area contributed by atoms with Gasteiger partial charge in [-0.25, -0.2) is 13.8 Å². The lowest BCUT2D eigenvalue weighted by Gasteiger charge is -2.09. The van der Waals surface area contributed by atoms with E-state index in [0.717, 1.165) is 10.8 Å². The second-order valence-electron chi connectivity index (χ2n) is 3.93. The number of carbonyl (C=O) groups excluding carboxylic acids is 1. The van der Waals surface area contributed by atoms with Gasteiger partial charge in [-0.15, -0.1) is 0 Å². The van der Waals surface area contributed by atoms with Gasteiger partial charge in [0.15, 0.2) is 0 Å². The molecule has 2 N–H and O–H groups in total. The Balaban J connectivity index is 2.36. The molecule has 100 valence electrons. The van der Waals surface area contributed by atoms with E-state index in [1.54, 1.807) is 13.1 Å². The average molecular weight is 265 g/mol. The average Bonchev–Trinajstić information content (AvgIpc) is 2.43. The largest absolute Gasteiger partial charge is 0.373 e. The van der Waals surface area contributed by atoms with E-state index >= 15 is 0 Å². The van der Waals surface area contributed by atoms with Gasteiger partial charge >= 0.3 is 0 Å². The van der Waals surface area contributed by atoms with E-state index in [1.165, 1.54) is 0 Å². The smallest absolute Gasteiger partial charge is 0.270 e. The quantitative estimate of drug-likeness (QED) is 0.891. The molecule has 19 heavy (non-hydrogen) atoms. The number of hydrogen-bond acceptors (Lipinski definition) is 3. The molecule has 0 saturated heterocycles. The van der Waals surface area contributed by atoms with Crippen LogP contribution < -0.4 is 10.6 Å². The van der Waals surface area contributed by atoms with Crippen LogP contribution in [0.2, 0.25) is 0 Å². The summed E-state index contributed by atoms with van der Waals surface area (Å²) in [6, 6.07) is 8.98. The number of rotatable bonds is 4. The summed E-state index contributed by atoms with van der Waals surface area (Å²) < 4.78 is 24.1. The lowest BCUT2D eigenvalue weighted by Crippen LogP contribution is -2.29. The number of halogens is 2. The number of amides is 1. The molecule has 6 heteroatoms. The molecule has 0 fully saturated rings. The normalized spacial score (nSPS) is 10.7. The minimum absolute atomic E-state index is 0.115. The SMILES string of the molecule is CNc1nc(C(=O)NCC(F)F)cc2ccccc12. The highest BCUT2D eigenvalue weighted by Crippen LogP contribution is 2.22. The fourth-order valence-corrected chi connectivity index (χ4v) is 1.77. The summed E-state index contributed by atoms with van der Waals surface area (Å²) in [4.78, 5) is 15.9. The van der Waals surface area contributed by atoms with Gasteiger partial charge in [0.25, 0.3) is 12.3 Å². The molecule has 0 aliphatic heterocycles. The van der Waals surface area contributed by atoms with E-state index in [2.05, 4.69) is 15.6 Å². The van der Waals surface area contributed by atoms with Crippen molar-refractivity contribution in [3.63, 3.8) is 0 Å². The first-order chi connectivity index (χ1) is 9.11. The molecule has 0 spiro atoms. The highest BCUT2D eigenvalue weighted by Gasteiger charge is 2.13. The Bertz CT molecular complexity index is 601. The second kappa shape index (κ2) is 5.60. The predicted octanol–water partition coefficient (Wildman–Crippen LogP) is 2.27. The van der Waals surface area contributed by atoms with Gasteiger partial charge in [-0.2, -0.15) is 0 Å². The van der Waals surface area contributed by atoms with Crippen LogP contribution in [0, 0.1) is 0 Å². The third kappa shape index (κ3) is 2.96. The molecule has 0 atom stereocenters. The maximum atomic E-state index is 12.1. The predicted molar refractivity (Wildman–Crippen MR) is 69.6 cm³/mol. The monoisotopic (exact) mass is 265 g/mol. The Labute approximate surface area is 108 Å². The first-order valence-corrected chi connectivity index (χ1v) is 5.75. The maximum Gasteiger partial charge on any atom is 0.270 e. The number of aromatic nitrogens is 1. The molecular weight excluding hydrogens is 252 g/mol. The Kier molecular flexibility index (Phi) is 3.89. The highest BCUT2D eigenvalue weighted by molar-refractivity contribution is 6.00. The number of hydrogen-bond donors (Lipinski definition) is 2. The van der Waals surface area contributed by atoms with Crippen LogP contribution in [0.4, 0.5) is 14.6 Å².